The van der Waals surface area contributed by atoms with Crippen molar-refractivity contribution in [1.82, 2.24) is 4.98 Å². The summed E-state index contributed by atoms with van der Waals surface area (Å²) in [6, 6.07) is 13.2. The highest BCUT2D eigenvalue weighted by molar-refractivity contribution is 14.1. The largest absolute Gasteiger partial charge is 0.441 e. The van der Waals surface area contributed by atoms with Gasteiger partial charge in [0.15, 0.2) is 11.5 Å². The predicted molar refractivity (Wildman–Crippen MR) is 88.8 cm³/mol. The normalized spacial score (nSPS) is 12.8. The van der Waals surface area contributed by atoms with Crippen LogP contribution in [0.1, 0.15) is 17.5 Å². The van der Waals surface area contributed by atoms with Gasteiger partial charge in [-0.1, -0.05) is 23.7 Å². The number of aromatic nitrogens is 1. The van der Waals surface area contributed by atoms with Crippen LogP contribution in [-0.2, 0) is 6.42 Å². The zero-order chi connectivity index (χ0) is 14.1. The smallest absolute Gasteiger partial charge is 0.197 e. The molecule has 3 nitrogen and oxygen atoms in total. The third-order valence-electron chi connectivity index (χ3n) is 3.09. The van der Waals surface area contributed by atoms with Crippen LogP contribution in [-0.4, -0.2) is 4.98 Å². The van der Waals surface area contributed by atoms with Crippen molar-refractivity contribution >= 4 is 45.3 Å². The SMILES string of the molecule is NC(Cc1nc2ccccc2o1)c1cc(Cl)ccc1I. The maximum Gasteiger partial charge on any atom is 0.197 e. The van der Waals surface area contributed by atoms with Gasteiger partial charge >= 0.3 is 0 Å². The van der Waals surface area contributed by atoms with E-state index < -0.39 is 0 Å². The zero-order valence-electron chi connectivity index (χ0n) is 10.5. The molecule has 2 aromatic carbocycles. The van der Waals surface area contributed by atoms with E-state index in [2.05, 4.69) is 27.6 Å². The van der Waals surface area contributed by atoms with Crippen LogP contribution < -0.4 is 5.73 Å². The van der Waals surface area contributed by atoms with Crippen molar-refractivity contribution in [2.24, 2.45) is 5.73 Å². The second kappa shape index (κ2) is 5.71. The standard InChI is InChI=1S/C15H12ClIN2O/c16-9-5-6-11(17)10(7-9)12(18)8-15-19-13-3-1-2-4-14(13)20-15/h1-7,12H,8,18H2. The first-order valence-corrected chi connectivity index (χ1v) is 7.64. The highest BCUT2D eigenvalue weighted by atomic mass is 127. The molecule has 0 saturated carbocycles. The number of nitrogens with zero attached hydrogens (tertiary/aromatic N) is 1. The van der Waals surface area contributed by atoms with E-state index in [4.69, 9.17) is 21.8 Å². The van der Waals surface area contributed by atoms with Crippen LogP contribution in [0, 0.1) is 3.57 Å². The van der Waals surface area contributed by atoms with Crippen LogP contribution in [0.4, 0.5) is 0 Å². The average Bonchev–Trinajstić information content (AvgIpc) is 2.83. The molecule has 5 heteroatoms. The van der Waals surface area contributed by atoms with Gasteiger partial charge in [-0.3, -0.25) is 0 Å². The Morgan fingerprint density at radius 2 is 2.05 bits per heavy atom. The Labute approximate surface area is 135 Å². The molecule has 102 valence electrons. The van der Waals surface area contributed by atoms with E-state index in [9.17, 15) is 0 Å². The average molecular weight is 399 g/mol. The van der Waals surface area contributed by atoms with Crippen LogP contribution in [0.25, 0.3) is 11.1 Å². The lowest BCUT2D eigenvalue weighted by molar-refractivity contribution is 0.502. The van der Waals surface area contributed by atoms with Crippen LogP contribution >= 0.6 is 34.2 Å². The topological polar surface area (TPSA) is 52.0 Å². The molecule has 1 heterocycles. The second-order valence-electron chi connectivity index (χ2n) is 4.55. The van der Waals surface area contributed by atoms with Gasteiger partial charge in [-0.2, -0.15) is 0 Å². The number of fused-ring (bicyclic) bond motifs is 1. The van der Waals surface area contributed by atoms with Crippen LogP contribution in [0.3, 0.4) is 0 Å². The van der Waals surface area contributed by atoms with Crippen molar-refractivity contribution in [3.63, 3.8) is 0 Å². The van der Waals surface area contributed by atoms with Gasteiger partial charge in [0.2, 0.25) is 0 Å². The number of nitrogens with two attached hydrogens (primary N) is 1. The number of oxazole rings is 1. The number of para-hydroxylation sites is 2. The minimum Gasteiger partial charge on any atom is -0.441 e. The quantitative estimate of drug-likeness (QED) is 0.668. The molecule has 0 spiro atoms. The molecule has 0 saturated heterocycles. The fourth-order valence-electron chi connectivity index (χ4n) is 2.10. The molecule has 0 aliphatic rings. The van der Waals surface area contributed by atoms with Gasteiger partial charge in [0.1, 0.15) is 5.52 Å². The van der Waals surface area contributed by atoms with Crippen LogP contribution in [0.5, 0.6) is 0 Å². The number of halogens is 2. The summed E-state index contributed by atoms with van der Waals surface area (Å²) in [6.07, 6.45) is 0.547. The molecule has 2 N–H and O–H groups in total. The van der Waals surface area contributed by atoms with Gasteiger partial charge in [0, 0.05) is 21.1 Å². The molecule has 1 atom stereocenters. The summed E-state index contributed by atoms with van der Waals surface area (Å²) in [6.45, 7) is 0. The first kappa shape index (κ1) is 13.9. The number of benzene rings is 2. The summed E-state index contributed by atoms with van der Waals surface area (Å²) in [4.78, 5) is 4.45. The summed E-state index contributed by atoms with van der Waals surface area (Å²) in [5, 5.41) is 0.688. The van der Waals surface area contributed by atoms with Gasteiger partial charge in [0.25, 0.3) is 0 Å². The van der Waals surface area contributed by atoms with Gasteiger partial charge in [-0.25, -0.2) is 4.98 Å². The lowest BCUT2D eigenvalue weighted by Crippen LogP contribution is -2.15. The van der Waals surface area contributed by atoms with Crippen molar-refractivity contribution in [1.29, 1.82) is 0 Å². The monoisotopic (exact) mass is 398 g/mol. The van der Waals surface area contributed by atoms with E-state index in [0.717, 1.165) is 20.2 Å². The van der Waals surface area contributed by atoms with E-state index >= 15 is 0 Å². The van der Waals surface area contributed by atoms with Crippen molar-refractivity contribution in [3.8, 4) is 0 Å². The van der Waals surface area contributed by atoms with E-state index in [1.165, 1.54) is 0 Å². The van der Waals surface area contributed by atoms with E-state index in [1.54, 1.807) is 0 Å². The summed E-state index contributed by atoms with van der Waals surface area (Å²) < 4.78 is 6.80. The van der Waals surface area contributed by atoms with Crippen LogP contribution in [0.15, 0.2) is 46.9 Å². The Balaban J connectivity index is 1.88. The Hall–Kier alpha value is -1.11. The molecule has 0 radical (unpaired) electrons. The Morgan fingerprint density at radius 1 is 1.25 bits per heavy atom. The Bertz CT molecular complexity index is 723. The summed E-state index contributed by atoms with van der Waals surface area (Å²) >= 11 is 8.29. The molecular weight excluding hydrogens is 387 g/mol. The molecule has 1 aromatic heterocycles. The molecule has 3 rings (SSSR count). The van der Waals surface area contributed by atoms with E-state index in [1.807, 2.05) is 42.5 Å². The third kappa shape index (κ3) is 2.82. The molecular formula is C15H12ClIN2O. The fraction of sp³-hybridized carbons (Fsp3) is 0.133. The highest BCUT2D eigenvalue weighted by Gasteiger charge is 2.15. The summed E-state index contributed by atoms with van der Waals surface area (Å²) in [5.41, 5.74) is 8.91. The van der Waals surface area contributed by atoms with Gasteiger partial charge in [-0.15, -0.1) is 0 Å². The van der Waals surface area contributed by atoms with Gasteiger partial charge in [0.05, 0.1) is 0 Å². The number of rotatable bonds is 3. The predicted octanol–water partition coefficient (Wildman–Crippen LogP) is 4.33. The van der Waals surface area contributed by atoms with Gasteiger partial charge in [-0.05, 0) is 58.5 Å². The first-order chi connectivity index (χ1) is 9.63. The second-order valence-corrected chi connectivity index (χ2v) is 6.15. The van der Waals surface area contributed by atoms with Crippen molar-refractivity contribution in [3.05, 3.63) is 62.5 Å². The number of hydrogen-bond acceptors (Lipinski definition) is 3. The molecule has 0 aliphatic heterocycles. The minimum absolute atomic E-state index is 0.186. The van der Waals surface area contributed by atoms with Gasteiger partial charge < -0.3 is 10.2 Å². The Kier molecular flexibility index (Phi) is 3.96. The van der Waals surface area contributed by atoms with E-state index in [-0.39, 0.29) is 6.04 Å². The molecule has 0 aliphatic carbocycles. The summed E-state index contributed by atoms with van der Waals surface area (Å²) in [5.74, 6) is 0.648. The van der Waals surface area contributed by atoms with Crippen molar-refractivity contribution in [2.45, 2.75) is 12.5 Å². The lowest BCUT2D eigenvalue weighted by atomic mass is 10.1. The molecule has 3 aromatic rings. The molecule has 0 amide bonds. The molecule has 20 heavy (non-hydrogen) atoms. The van der Waals surface area contributed by atoms with Crippen molar-refractivity contribution in [2.75, 3.05) is 0 Å². The highest BCUT2D eigenvalue weighted by Crippen LogP contribution is 2.26. The molecule has 1 unspecified atom stereocenters. The fourth-order valence-corrected chi connectivity index (χ4v) is 3.02. The third-order valence-corrected chi connectivity index (χ3v) is 4.31. The first-order valence-electron chi connectivity index (χ1n) is 6.18. The lowest BCUT2D eigenvalue weighted by Gasteiger charge is -2.12. The number of hydrogen-bond donors (Lipinski definition) is 1. The Morgan fingerprint density at radius 3 is 2.85 bits per heavy atom. The molecule has 0 bridgehead atoms. The maximum atomic E-state index is 6.26. The minimum atomic E-state index is -0.186. The molecule has 0 fully saturated rings. The van der Waals surface area contributed by atoms with E-state index in [0.29, 0.717) is 17.3 Å². The van der Waals surface area contributed by atoms with Crippen molar-refractivity contribution < 1.29 is 4.42 Å². The zero-order valence-corrected chi connectivity index (χ0v) is 13.4. The maximum absolute atomic E-state index is 6.26. The van der Waals surface area contributed by atoms with Crippen LogP contribution in [0.2, 0.25) is 5.02 Å². The summed E-state index contributed by atoms with van der Waals surface area (Å²) in [7, 11) is 0.